The number of carbonyl (C=O) groups excluding carboxylic acids is 1. The zero-order valence-electron chi connectivity index (χ0n) is 14.2. The predicted octanol–water partition coefficient (Wildman–Crippen LogP) is 1.73. The SMILES string of the molecule is O=C(Cn1ncc(OCc2ccc(F)cn2)cc1=O)c1ccc(CO)cc1. The van der Waals surface area contributed by atoms with Crippen LogP contribution in [0.15, 0.2) is 59.7 Å². The molecule has 0 aliphatic rings. The van der Waals surface area contributed by atoms with E-state index in [0.29, 0.717) is 16.8 Å². The van der Waals surface area contributed by atoms with E-state index in [9.17, 15) is 14.0 Å². The molecule has 3 rings (SSSR count). The van der Waals surface area contributed by atoms with Crippen LogP contribution in [0.4, 0.5) is 4.39 Å². The third-order valence-electron chi connectivity index (χ3n) is 3.77. The first-order valence-corrected chi connectivity index (χ1v) is 8.08. The molecule has 2 heterocycles. The lowest BCUT2D eigenvalue weighted by molar-refractivity contribution is 0.0965. The Bertz CT molecular complexity index is 985. The van der Waals surface area contributed by atoms with Crippen molar-refractivity contribution in [3.05, 3.63) is 87.9 Å². The number of aliphatic hydroxyl groups is 1. The molecule has 138 valence electrons. The molecule has 0 spiro atoms. The maximum Gasteiger partial charge on any atom is 0.270 e. The minimum atomic E-state index is -0.486. The van der Waals surface area contributed by atoms with Crippen molar-refractivity contribution < 1.29 is 19.0 Å². The second-order valence-electron chi connectivity index (χ2n) is 5.72. The summed E-state index contributed by atoms with van der Waals surface area (Å²) in [5.74, 6) is -0.501. The average Bonchev–Trinajstić information content (AvgIpc) is 2.69. The summed E-state index contributed by atoms with van der Waals surface area (Å²) >= 11 is 0. The molecule has 0 unspecified atom stereocenters. The number of rotatable bonds is 7. The number of ether oxygens (including phenoxy) is 1. The van der Waals surface area contributed by atoms with Crippen molar-refractivity contribution in [3.8, 4) is 5.75 Å². The van der Waals surface area contributed by atoms with Gasteiger partial charge in [-0.1, -0.05) is 24.3 Å². The standard InChI is InChI=1S/C19H16FN3O4/c20-15-5-6-16(21-8-15)12-27-17-7-19(26)23(22-9-17)10-18(25)14-3-1-13(11-24)2-4-14/h1-9,24H,10-12H2. The van der Waals surface area contributed by atoms with Crippen molar-refractivity contribution in [2.75, 3.05) is 0 Å². The van der Waals surface area contributed by atoms with Gasteiger partial charge in [-0.3, -0.25) is 14.6 Å². The van der Waals surface area contributed by atoms with E-state index in [4.69, 9.17) is 9.84 Å². The fourth-order valence-corrected chi connectivity index (χ4v) is 2.29. The first kappa shape index (κ1) is 18.4. The van der Waals surface area contributed by atoms with E-state index < -0.39 is 11.4 Å². The van der Waals surface area contributed by atoms with Crippen LogP contribution < -0.4 is 10.3 Å². The number of aliphatic hydroxyl groups excluding tert-OH is 1. The Morgan fingerprint density at radius 1 is 1.15 bits per heavy atom. The van der Waals surface area contributed by atoms with Crippen LogP contribution in [0, 0.1) is 5.82 Å². The largest absolute Gasteiger partial charge is 0.485 e. The van der Waals surface area contributed by atoms with E-state index in [0.717, 1.165) is 10.9 Å². The molecule has 8 heteroatoms. The van der Waals surface area contributed by atoms with Crippen LogP contribution in [0.2, 0.25) is 0 Å². The summed E-state index contributed by atoms with van der Waals surface area (Å²) in [6.45, 7) is -0.261. The van der Waals surface area contributed by atoms with Gasteiger partial charge in [0.2, 0.25) is 0 Å². The van der Waals surface area contributed by atoms with Gasteiger partial charge in [0.25, 0.3) is 5.56 Å². The normalized spacial score (nSPS) is 10.6. The second-order valence-corrected chi connectivity index (χ2v) is 5.72. The van der Waals surface area contributed by atoms with E-state index in [2.05, 4.69) is 10.1 Å². The zero-order chi connectivity index (χ0) is 19.2. The highest BCUT2D eigenvalue weighted by Crippen LogP contribution is 2.09. The molecular formula is C19H16FN3O4. The molecule has 0 saturated heterocycles. The van der Waals surface area contributed by atoms with Gasteiger partial charge < -0.3 is 9.84 Å². The van der Waals surface area contributed by atoms with Crippen molar-refractivity contribution in [1.82, 2.24) is 14.8 Å². The Morgan fingerprint density at radius 2 is 1.93 bits per heavy atom. The summed E-state index contributed by atoms with van der Waals surface area (Å²) in [7, 11) is 0. The summed E-state index contributed by atoms with van der Waals surface area (Å²) in [4.78, 5) is 28.2. The highest BCUT2D eigenvalue weighted by molar-refractivity contribution is 5.95. The topological polar surface area (TPSA) is 94.3 Å². The number of benzene rings is 1. The number of carbonyl (C=O) groups is 1. The number of halogens is 1. The second kappa shape index (κ2) is 8.33. The lowest BCUT2D eigenvalue weighted by atomic mass is 10.1. The fourth-order valence-electron chi connectivity index (χ4n) is 2.29. The molecule has 27 heavy (non-hydrogen) atoms. The molecule has 0 saturated carbocycles. The summed E-state index contributed by atoms with van der Waals surface area (Å²) in [6.07, 6.45) is 2.40. The highest BCUT2D eigenvalue weighted by atomic mass is 19.1. The molecule has 1 N–H and O–H groups in total. The minimum absolute atomic E-state index is 0.0571. The zero-order valence-corrected chi connectivity index (χ0v) is 14.2. The number of pyridine rings is 1. The number of hydrogen-bond acceptors (Lipinski definition) is 6. The van der Waals surface area contributed by atoms with Gasteiger partial charge in [0.05, 0.1) is 24.7 Å². The Hall–Kier alpha value is -3.39. The van der Waals surface area contributed by atoms with Gasteiger partial charge in [0.1, 0.15) is 24.7 Å². The van der Waals surface area contributed by atoms with Crippen molar-refractivity contribution in [2.24, 2.45) is 0 Å². The van der Waals surface area contributed by atoms with Gasteiger partial charge in [-0.2, -0.15) is 5.10 Å². The summed E-state index contributed by atoms with van der Waals surface area (Å²) in [6, 6.07) is 10.4. The van der Waals surface area contributed by atoms with Crippen LogP contribution >= 0.6 is 0 Å². The van der Waals surface area contributed by atoms with Gasteiger partial charge in [0, 0.05) is 11.6 Å². The number of hydrogen-bond donors (Lipinski definition) is 1. The fraction of sp³-hybridized carbons (Fsp3) is 0.158. The van der Waals surface area contributed by atoms with Crippen LogP contribution in [0.3, 0.4) is 0 Å². The van der Waals surface area contributed by atoms with Crippen LogP contribution in [-0.4, -0.2) is 25.7 Å². The molecule has 0 atom stereocenters. The third kappa shape index (κ3) is 4.83. The lowest BCUT2D eigenvalue weighted by Gasteiger charge is -2.08. The number of aromatic nitrogens is 3. The molecule has 2 aromatic heterocycles. The first-order chi connectivity index (χ1) is 13.0. The van der Waals surface area contributed by atoms with Crippen LogP contribution in [0.25, 0.3) is 0 Å². The van der Waals surface area contributed by atoms with Crippen LogP contribution in [0.5, 0.6) is 5.75 Å². The Morgan fingerprint density at radius 3 is 2.56 bits per heavy atom. The number of nitrogens with zero attached hydrogens (tertiary/aromatic N) is 3. The average molecular weight is 369 g/mol. The first-order valence-electron chi connectivity index (χ1n) is 8.08. The quantitative estimate of drug-likeness (QED) is 0.638. The molecule has 1 aromatic carbocycles. The van der Waals surface area contributed by atoms with Crippen molar-refractivity contribution >= 4 is 5.78 Å². The van der Waals surface area contributed by atoms with Crippen molar-refractivity contribution in [1.29, 1.82) is 0 Å². The monoisotopic (exact) mass is 369 g/mol. The van der Waals surface area contributed by atoms with E-state index in [-0.39, 0.29) is 31.3 Å². The summed E-state index contributed by atoms with van der Waals surface area (Å²) in [5, 5.41) is 13.0. The van der Waals surface area contributed by atoms with Gasteiger partial charge in [-0.25, -0.2) is 9.07 Å². The number of Topliss-reactive ketones (excluding diaryl/α,β-unsaturated/α-hetero) is 1. The lowest BCUT2D eigenvalue weighted by Crippen LogP contribution is -2.26. The third-order valence-corrected chi connectivity index (χ3v) is 3.77. The maximum atomic E-state index is 12.8. The molecular weight excluding hydrogens is 353 g/mol. The van der Waals surface area contributed by atoms with E-state index >= 15 is 0 Å². The van der Waals surface area contributed by atoms with Crippen molar-refractivity contribution in [2.45, 2.75) is 19.8 Å². The highest BCUT2D eigenvalue weighted by Gasteiger charge is 2.10. The molecule has 0 amide bonds. The van der Waals surface area contributed by atoms with E-state index in [1.54, 1.807) is 24.3 Å². The molecule has 3 aromatic rings. The minimum Gasteiger partial charge on any atom is -0.485 e. The van der Waals surface area contributed by atoms with Crippen LogP contribution in [-0.2, 0) is 19.8 Å². The summed E-state index contributed by atoms with van der Waals surface area (Å²) in [5.41, 5.74) is 1.13. The van der Waals surface area contributed by atoms with E-state index in [1.807, 2.05) is 0 Å². The molecule has 0 aliphatic carbocycles. The number of ketones is 1. The van der Waals surface area contributed by atoms with E-state index in [1.165, 1.54) is 24.4 Å². The van der Waals surface area contributed by atoms with Gasteiger partial charge >= 0.3 is 0 Å². The van der Waals surface area contributed by atoms with Crippen molar-refractivity contribution in [3.63, 3.8) is 0 Å². The Kier molecular flexibility index (Phi) is 5.68. The Labute approximate surface area is 153 Å². The molecule has 0 bridgehead atoms. The molecule has 7 nitrogen and oxygen atoms in total. The van der Waals surface area contributed by atoms with Crippen LogP contribution in [0.1, 0.15) is 21.6 Å². The summed E-state index contributed by atoms with van der Waals surface area (Å²) < 4.78 is 19.3. The Balaban J connectivity index is 1.64. The maximum absolute atomic E-state index is 12.8. The molecule has 0 fully saturated rings. The predicted molar refractivity (Wildman–Crippen MR) is 93.7 cm³/mol. The van der Waals surface area contributed by atoms with Gasteiger partial charge in [-0.05, 0) is 17.7 Å². The molecule has 0 aliphatic heterocycles. The van der Waals surface area contributed by atoms with Gasteiger partial charge in [0.15, 0.2) is 5.78 Å². The molecule has 0 radical (unpaired) electrons. The van der Waals surface area contributed by atoms with Gasteiger partial charge in [-0.15, -0.1) is 0 Å². The smallest absolute Gasteiger partial charge is 0.270 e.